The highest BCUT2D eigenvalue weighted by Gasteiger charge is 2.25. The predicted molar refractivity (Wildman–Crippen MR) is 264 cm³/mol. The maximum atomic E-state index is 9.63. The fourth-order valence-corrected chi connectivity index (χ4v) is 9.97. The lowest BCUT2D eigenvalue weighted by Crippen LogP contribution is -2.00. The second-order valence-electron chi connectivity index (χ2n) is 16.6. The molecule has 0 N–H and O–H groups in total. The van der Waals surface area contributed by atoms with Crippen molar-refractivity contribution in [3.05, 3.63) is 212 Å². The van der Waals surface area contributed by atoms with Gasteiger partial charge in [0.1, 0.15) is 0 Å². The van der Waals surface area contributed by atoms with Crippen molar-refractivity contribution in [1.82, 2.24) is 15.0 Å². The first kappa shape index (κ1) is 35.9. The lowest BCUT2D eigenvalue weighted by atomic mass is 9.86. The summed E-state index contributed by atoms with van der Waals surface area (Å²) in [4.78, 5) is 15.5. The lowest BCUT2D eigenvalue weighted by molar-refractivity contribution is 1.08. The van der Waals surface area contributed by atoms with Gasteiger partial charge in [-0.1, -0.05) is 176 Å². The van der Waals surface area contributed by atoms with E-state index in [0.29, 0.717) is 23.0 Å². The second kappa shape index (κ2) is 14.1. The van der Waals surface area contributed by atoms with E-state index < -0.39 is 0 Å². The maximum Gasteiger partial charge on any atom is 0.164 e. The Kier molecular flexibility index (Phi) is 7.94. The van der Waals surface area contributed by atoms with Crippen molar-refractivity contribution in [2.45, 2.75) is 0 Å². The van der Waals surface area contributed by atoms with E-state index >= 15 is 0 Å². The number of benzene rings is 11. The van der Waals surface area contributed by atoms with Crippen LogP contribution in [0.15, 0.2) is 206 Å². The number of rotatable bonds is 5. The van der Waals surface area contributed by atoms with Gasteiger partial charge in [-0.25, -0.2) is 15.0 Å². The molecule has 64 heavy (non-hydrogen) atoms. The first-order chi connectivity index (χ1) is 31.6. The van der Waals surface area contributed by atoms with Crippen LogP contribution >= 0.6 is 0 Å². The maximum absolute atomic E-state index is 9.63. The van der Waals surface area contributed by atoms with Gasteiger partial charge < -0.3 is 0 Å². The molecule has 1 aliphatic carbocycles. The Morgan fingerprint density at radius 1 is 0.281 bits per heavy atom. The summed E-state index contributed by atoms with van der Waals surface area (Å²) in [5.41, 5.74) is 13.0. The van der Waals surface area contributed by atoms with Crippen molar-refractivity contribution in [1.29, 1.82) is 5.26 Å². The number of fused-ring (bicyclic) bond motifs is 8. The first-order valence-corrected chi connectivity index (χ1v) is 21.6. The van der Waals surface area contributed by atoms with E-state index in [2.05, 4.69) is 200 Å². The van der Waals surface area contributed by atoms with Crippen LogP contribution in [0.25, 0.3) is 133 Å². The Balaban J connectivity index is 1.01. The summed E-state index contributed by atoms with van der Waals surface area (Å²) in [6.45, 7) is 0. The van der Waals surface area contributed by atoms with Crippen LogP contribution in [0.1, 0.15) is 5.56 Å². The number of aromatic nitrogens is 3. The number of nitriles is 1. The van der Waals surface area contributed by atoms with E-state index in [1.165, 1.54) is 54.7 Å². The van der Waals surface area contributed by atoms with Crippen molar-refractivity contribution in [3.8, 4) is 84.7 Å². The summed E-state index contributed by atoms with van der Waals surface area (Å²) in [6, 6.07) is 75.4. The van der Waals surface area contributed by atoms with Gasteiger partial charge in [0.15, 0.2) is 17.5 Å². The van der Waals surface area contributed by atoms with Crippen molar-refractivity contribution < 1.29 is 0 Å². The van der Waals surface area contributed by atoms with Gasteiger partial charge in [0.05, 0.1) is 11.6 Å². The fraction of sp³-hybridized carbons (Fsp3) is 0. The molecule has 1 aliphatic rings. The molecule has 11 aromatic carbocycles. The molecule has 13 rings (SSSR count). The predicted octanol–water partition coefficient (Wildman–Crippen LogP) is 15.5. The summed E-state index contributed by atoms with van der Waals surface area (Å²) in [5, 5.41) is 21.3. The molecule has 294 valence electrons. The van der Waals surface area contributed by atoms with E-state index in [1.807, 2.05) is 12.1 Å². The average Bonchev–Trinajstić information content (AvgIpc) is 3.70. The van der Waals surface area contributed by atoms with Gasteiger partial charge in [0, 0.05) is 16.7 Å². The van der Waals surface area contributed by atoms with Gasteiger partial charge in [-0.05, 0) is 129 Å². The van der Waals surface area contributed by atoms with E-state index in [0.717, 1.165) is 60.3 Å². The zero-order chi connectivity index (χ0) is 42.3. The van der Waals surface area contributed by atoms with Gasteiger partial charge in [-0.15, -0.1) is 0 Å². The molecular formula is C60H34N4. The van der Waals surface area contributed by atoms with Crippen LogP contribution in [-0.4, -0.2) is 15.0 Å². The van der Waals surface area contributed by atoms with Gasteiger partial charge in [-0.2, -0.15) is 5.26 Å². The average molecular weight is 811 g/mol. The highest BCUT2D eigenvalue weighted by atomic mass is 15.0. The van der Waals surface area contributed by atoms with Crippen LogP contribution < -0.4 is 0 Å². The molecule has 0 amide bonds. The molecule has 0 saturated heterocycles. The monoisotopic (exact) mass is 810 g/mol. The van der Waals surface area contributed by atoms with E-state index in [1.54, 1.807) is 0 Å². The molecule has 0 radical (unpaired) electrons. The first-order valence-electron chi connectivity index (χ1n) is 21.6. The summed E-state index contributed by atoms with van der Waals surface area (Å²) >= 11 is 0. The summed E-state index contributed by atoms with van der Waals surface area (Å²) in [7, 11) is 0. The Morgan fingerprint density at radius 3 is 1.33 bits per heavy atom. The van der Waals surface area contributed by atoms with Gasteiger partial charge >= 0.3 is 0 Å². The van der Waals surface area contributed by atoms with Gasteiger partial charge in [0.25, 0.3) is 0 Å². The van der Waals surface area contributed by atoms with Crippen LogP contribution in [0, 0.1) is 11.3 Å². The molecule has 0 unspecified atom stereocenters. The molecular weight excluding hydrogens is 777 g/mol. The molecule has 0 fully saturated rings. The van der Waals surface area contributed by atoms with Crippen molar-refractivity contribution >= 4 is 53.9 Å². The summed E-state index contributed by atoms with van der Waals surface area (Å²) < 4.78 is 0. The molecule has 0 aliphatic heterocycles. The molecule has 0 atom stereocenters. The molecule has 0 spiro atoms. The van der Waals surface area contributed by atoms with Crippen LogP contribution in [0.3, 0.4) is 0 Å². The highest BCUT2D eigenvalue weighted by Crippen LogP contribution is 2.52. The smallest absolute Gasteiger partial charge is 0.164 e. The molecule has 1 aromatic heterocycles. The van der Waals surface area contributed by atoms with Crippen molar-refractivity contribution in [2.75, 3.05) is 0 Å². The quantitative estimate of drug-likeness (QED) is 0.162. The molecule has 4 heteroatoms. The van der Waals surface area contributed by atoms with Crippen molar-refractivity contribution in [3.63, 3.8) is 0 Å². The third-order valence-corrected chi connectivity index (χ3v) is 13.1. The number of hydrogen-bond acceptors (Lipinski definition) is 4. The fourth-order valence-electron chi connectivity index (χ4n) is 9.97. The van der Waals surface area contributed by atoms with E-state index in [4.69, 9.17) is 15.0 Å². The highest BCUT2D eigenvalue weighted by molar-refractivity contribution is 6.24. The minimum absolute atomic E-state index is 0.621. The molecule has 4 nitrogen and oxygen atoms in total. The zero-order valence-corrected chi connectivity index (χ0v) is 34.4. The Bertz CT molecular complexity index is 3840. The third kappa shape index (κ3) is 5.65. The van der Waals surface area contributed by atoms with Crippen LogP contribution in [-0.2, 0) is 0 Å². The number of nitrogens with zero attached hydrogens (tertiary/aromatic N) is 4. The standard InChI is InChI=1S/C60H34N4/c61-35-36-16-18-39(19-17-36)46-28-29-53-47-12-5-6-13-48(47)54-31-30-52(56(46)57(53)54)49-14-7-15-50-51(49)27-26-40-22-25-45(34-55(40)50)60-63-58(43-23-20-37-8-1-3-10-41(37)32-43)62-59(64-60)44-24-21-38-9-2-4-11-42(38)33-44/h1-34H. The van der Waals surface area contributed by atoms with Gasteiger partial charge in [0.2, 0.25) is 0 Å². The minimum Gasteiger partial charge on any atom is -0.208 e. The number of hydrogen-bond donors (Lipinski definition) is 0. The minimum atomic E-state index is 0.621. The van der Waals surface area contributed by atoms with Crippen LogP contribution in [0.2, 0.25) is 0 Å². The molecule has 12 aromatic rings. The normalized spacial score (nSPS) is 11.7. The largest absolute Gasteiger partial charge is 0.208 e. The van der Waals surface area contributed by atoms with Crippen molar-refractivity contribution in [2.24, 2.45) is 0 Å². The lowest BCUT2D eigenvalue weighted by Gasteiger charge is -2.17. The summed E-state index contributed by atoms with van der Waals surface area (Å²) in [6.07, 6.45) is 0. The SMILES string of the molecule is N#Cc1ccc(-c2ccc3c4c(ccc(-c5cccc6c5ccc5ccc(-c7nc(-c8ccc9ccccc9c8)nc(-c8ccc9ccccc9c8)n7)cc56)c24)-c2ccccc2-3)cc1. The topological polar surface area (TPSA) is 62.5 Å². The Hall–Kier alpha value is -8.78. The Morgan fingerprint density at radius 2 is 0.734 bits per heavy atom. The van der Waals surface area contributed by atoms with E-state index in [9.17, 15) is 5.26 Å². The van der Waals surface area contributed by atoms with E-state index in [-0.39, 0.29) is 0 Å². The molecule has 0 saturated carbocycles. The molecule has 1 heterocycles. The van der Waals surface area contributed by atoms with Crippen LogP contribution in [0.4, 0.5) is 0 Å². The zero-order valence-electron chi connectivity index (χ0n) is 34.4. The van der Waals surface area contributed by atoms with Gasteiger partial charge in [-0.3, -0.25) is 0 Å². The molecule has 0 bridgehead atoms. The summed E-state index contributed by atoms with van der Waals surface area (Å²) in [5.74, 6) is 1.88. The third-order valence-electron chi connectivity index (χ3n) is 13.1. The van der Waals surface area contributed by atoms with Crippen LogP contribution in [0.5, 0.6) is 0 Å². The second-order valence-corrected chi connectivity index (χ2v) is 16.6. The Labute approximate surface area is 369 Å².